The molecule has 4 nitrogen and oxygen atoms in total. The van der Waals surface area contributed by atoms with Gasteiger partial charge >= 0.3 is 0 Å². The van der Waals surface area contributed by atoms with E-state index in [0.29, 0.717) is 0 Å². The van der Waals surface area contributed by atoms with Crippen LogP contribution < -0.4 is 0 Å². The first-order chi connectivity index (χ1) is 8.64. The predicted octanol–water partition coefficient (Wildman–Crippen LogP) is 2.47. The molecule has 0 bridgehead atoms. The van der Waals surface area contributed by atoms with E-state index in [-0.39, 0.29) is 5.91 Å². The molecule has 0 aliphatic carbocycles. The zero-order chi connectivity index (χ0) is 13.6. The summed E-state index contributed by atoms with van der Waals surface area (Å²) in [5.74, 6) is 0.0926. The van der Waals surface area contributed by atoms with Crippen molar-refractivity contribution in [2.75, 3.05) is 40.5 Å². The van der Waals surface area contributed by atoms with Crippen molar-refractivity contribution in [1.29, 1.82) is 0 Å². The van der Waals surface area contributed by atoms with E-state index in [1.54, 1.807) is 14.1 Å². The molecule has 2 saturated heterocycles. The Morgan fingerprint density at radius 2 is 1.06 bits per heavy atom. The molecule has 0 saturated carbocycles. The lowest BCUT2D eigenvalue weighted by atomic mass is 10.2. The van der Waals surface area contributed by atoms with Crippen LogP contribution in [0.4, 0.5) is 0 Å². The van der Waals surface area contributed by atoms with Gasteiger partial charge in [-0.1, -0.05) is 0 Å². The molecule has 108 valence electrons. The Bertz CT molecular complexity index is 152. The van der Waals surface area contributed by atoms with Crippen LogP contribution in [0.25, 0.3) is 0 Å². The average molecular weight is 259 g/mol. The fourth-order valence-electron chi connectivity index (χ4n) is 1.37. The molecular formula is C14H29NO3. The molecule has 0 aromatic rings. The van der Waals surface area contributed by atoms with E-state index in [0.717, 1.165) is 26.4 Å². The van der Waals surface area contributed by atoms with Gasteiger partial charge in [0.15, 0.2) is 0 Å². The summed E-state index contributed by atoms with van der Waals surface area (Å²) in [5, 5.41) is 0. The second kappa shape index (κ2) is 12.8. The first-order valence-corrected chi connectivity index (χ1v) is 6.98. The number of hydrogen-bond donors (Lipinski definition) is 0. The standard InChI is InChI=1S/2C5H10O.C4H9NO/c2*1-2-4-6-5-3-1;1-4(6)5(2)3/h2*1-5H2;1-3H3. The van der Waals surface area contributed by atoms with Gasteiger partial charge in [0.25, 0.3) is 0 Å². The smallest absolute Gasteiger partial charge is 0.218 e. The van der Waals surface area contributed by atoms with Crippen molar-refractivity contribution in [3.8, 4) is 0 Å². The minimum absolute atomic E-state index is 0.0926. The quantitative estimate of drug-likeness (QED) is 0.671. The van der Waals surface area contributed by atoms with E-state index in [9.17, 15) is 4.79 Å². The van der Waals surface area contributed by atoms with E-state index in [4.69, 9.17) is 9.47 Å². The molecule has 0 radical (unpaired) electrons. The molecule has 1 amide bonds. The highest BCUT2D eigenvalue weighted by Gasteiger charge is 1.95. The first-order valence-electron chi connectivity index (χ1n) is 6.98. The van der Waals surface area contributed by atoms with Crippen molar-refractivity contribution < 1.29 is 14.3 Å². The number of carbonyl (C=O) groups is 1. The molecule has 0 spiro atoms. The highest BCUT2D eigenvalue weighted by molar-refractivity contribution is 5.72. The fraction of sp³-hybridized carbons (Fsp3) is 0.929. The predicted molar refractivity (Wildman–Crippen MR) is 73.7 cm³/mol. The number of hydrogen-bond acceptors (Lipinski definition) is 3. The fourth-order valence-corrected chi connectivity index (χ4v) is 1.37. The van der Waals surface area contributed by atoms with Gasteiger partial charge in [0.05, 0.1) is 0 Å². The number of rotatable bonds is 0. The first kappa shape index (κ1) is 17.4. The van der Waals surface area contributed by atoms with Gasteiger partial charge < -0.3 is 14.4 Å². The topological polar surface area (TPSA) is 38.8 Å². The van der Waals surface area contributed by atoms with Crippen LogP contribution in [0.5, 0.6) is 0 Å². The van der Waals surface area contributed by atoms with Crippen molar-refractivity contribution in [2.45, 2.75) is 45.4 Å². The van der Waals surface area contributed by atoms with Crippen LogP contribution in [0, 0.1) is 0 Å². The second-order valence-corrected chi connectivity index (χ2v) is 4.76. The molecule has 4 heteroatoms. The van der Waals surface area contributed by atoms with Crippen molar-refractivity contribution in [3.63, 3.8) is 0 Å². The summed E-state index contributed by atoms with van der Waals surface area (Å²) in [6, 6.07) is 0. The lowest BCUT2D eigenvalue weighted by Crippen LogP contribution is -2.17. The van der Waals surface area contributed by atoms with Gasteiger partial charge in [-0.15, -0.1) is 0 Å². The highest BCUT2D eigenvalue weighted by Crippen LogP contribution is 2.02. The number of carbonyl (C=O) groups excluding carboxylic acids is 1. The van der Waals surface area contributed by atoms with Gasteiger partial charge in [-0.05, 0) is 38.5 Å². The van der Waals surface area contributed by atoms with Crippen LogP contribution in [0.1, 0.15) is 45.4 Å². The maximum Gasteiger partial charge on any atom is 0.218 e. The monoisotopic (exact) mass is 259 g/mol. The molecule has 0 N–H and O–H groups in total. The summed E-state index contributed by atoms with van der Waals surface area (Å²) in [5.41, 5.74) is 0. The van der Waals surface area contributed by atoms with Gasteiger partial charge in [-0.25, -0.2) is 0 Å². The maximum atomic E-state index is 10.1. The normalized spacial score (nSPS) is 18.6. The van der Waals surface area contributed by atoms with Crippen molar-refractivity contribution in [1.82, 2.24) is 4.90 Å². The van der Waals surface area contributed by atoms with Crippen LogP contribution in [-0.2, 0) is 14.3 Å². The van der Waals surface area contributed by atoms with Crippen LogP contribution in [0.2, 0.25) is 0 Å². The van der Waals surface area contributed by atoms with Gasteiger partial charge in [0.2, 0.25) is 5.91 Å². The molecule has 18 heavy (non-hydrogen) atoms. The molecule has 2 heterocycles. The Morgan fingerprint density at radius 3 is 1.11 bits per heavy atom. The second-order valence-electron chi connectivity index (χ2n) is 4.76. The minimum Gasteiger partial charge on any atom is -0.381 e. The summed E-state index contributed by atoms with van der Waals surface area (Å²) < 4.78 is 10.1. The van der Waals surface area contributed by atoms with Gasteiger partial charge in [-0.2, -0.15) is 0 Å². The summed E-state index contributed by atoms with van der Waals surface area (Å²) in [4.78, 5) is 11.6. The Balaban J connectivity index is 0.000000241. The van der Waals surface area contributed by atoms with Crippen LogP contribution >= 0.6 is 0 Å². The minimum atomic E-state index is 0.0926. The van der Waals surface area contributed by atoms with Gasteiger partial charge in [0.1, 0.15) is 0 Å². The number of ether oxygens (including phenoxy) is 2. The van der Waals surface area contributed by atoms with Crippen LogP contribution in [0.15, 0.2) is 0 Å². The van der Waals surface area contributed by atoms with E-state index in [2.05, 4.69) is 0 Å². The van der Waals surface area contributed by atoms with Crippen molar-refractivity contribution in [3.05, 3.63) is 0 Å². The zero-order valence-electron chi connectivity index (χ0n) is 12.2. The maximum absolute atomic E-state index is 10.1. The molecule has 0 atom stereocenters. The Morgan fingerprint density at radius 1 is 0.778 bits per heavy atom. The largest absolute Gasteiger partial charge is 0.381 e. The van der Waals surface area contributed by atoms with E-state index >= 15 is 0 Å². The summed E-state index contributed by atoms with van der Waals surface area (Å²) in [6.45, 7) is 5.53. The molecule has 2 fully saturated rings. The molecule has 2 aliphatic heterocycles. The highest BCUT2D eigenvalue weighted by atomic mass is 16.5. The number of nitrogens with zero attached hydrogens (tertiary/aromatic N) is 1. The van der Waals surface area contributed by atoms with E-state index in [1.807, 2.05) is 0 Å². The lowest BCUT2D eigenvalue weighted by molar-refractivity contribution is -0.126. The molecular weight excluding hydrogens is 230 g/mol. The zero-order valence-corrected chi connectivity index (χ0v) is 12.2. The van der Waals surface area contributed by atoms with Crippen LogP contribution in [0.3, 0.4) is 0 Å². The summed E-state index contributed by atoms with van der Waals surface area (Å²) in [7, 11) is 3.45. The summed E-state index contributed by atoms with van der Waals surface area (Å²) in [6.07, 6.45) is 7.86. The lowest BCUT2D eigenvalue weighted by Gasteiger charge is -2.08. The van der Waals surface area contributed by atoms with Gasteiger partial charge in [-0.3, -0.25) is 4.79 Å². The Hall–Kier alpha value is -0.610. The van der Waals surface area contributed by atoms with Crippen molar-refractivity contribution in [2.24, 2.45) is 0 Å². The number of amides is 1. The molecule has 2 rings (SSSR count). The summed E-state index contributed by atoms with van der Waals surface area (Å²) >= 11 is 0. The third kappa shape index (κ3) is 13.5. The Labute approximate surface area is 112 Å². The molecule has 0 aromatic heterocycles. The SMILES string of the molecule is C1CCOCC1.C1CCOCC1.CC(=O)N(C)C. The van der Waals surface area contributed by atoms with Crippen molar-refractivity contribution >= 4 is 5.91 Å². The molecule has 0 aromatic carbocycles. The Kier molecular flexibility index (Phi) is 12.4. The third-order valence-electron chi connectivity index (χ3n) is 2.78. The molecule has 0 unspecified atom stereocenters. The molecule has 2 aliphatic rings. The van der Waals surface area contributed by atoms with Gasteiger partial charge in [0, 0.05) is 47.4 Å². The average Bonchev–Trinajstić information content (AvgIpc) is 2.44. The van der Waals surface area contributed by atoms with Crippen LogP contribution in [-0.4, -0.2) is 51.3 Å². The third-order valence-corrected chi connectivity index (χ3v) is 2.78. The van der Waals surface area contributed by atoms with E-state index in [1.165, 1.54) is 50.3 Å². The van der Waals surface area contributed by atoms with E-state index < -0.39 is 0 Å².